The minimum atomic E-state index is -1.32. The number of amides is 4. The third-order valence-electron chi connectivity index (χ3n) is 4.57. The molecule has 0 spiro atoms. The highest BCUT2D eigenvalue weighted by Gasteiger charge is 2.49. The molecule has 0 radical (unpaired) electrons. The lowest BCUT2D eigenvalue weighted by Gasteiger charge is -2.24. The summed E-state index contributed by atoms with van der Waals surface area (Å²) in [6, 6.07) is 16.5. The predicted molar refractivity (Wildman–Crippen MR) is 103 cm³/mol. The lowest BCUT2D eigenvalue weighted by atomic mass is 9.92. The number of halogens is 1. The lowest BCUT2D eigenvalue weighted by molar-refractivity contribution is -0.134. The van der Waals surface area contributed by atoms with Crippen LogP contribution in [0.15, 0.2) is 54.6 Å². The summed E-state index contributed by atoms with van der Waals surface area (Å²) in [7, 11) is 0. The highest BCUT2D eigenvalue weighted by Crippen LogP contribution is 2.30. The number of urea groups is 1. The zero-order valence-electron chi connectivity index (χ0n) is 15.1. The number of rotatable bonds is 5. The van der Waals surface area contributed by atoms with Crippen molar-refractivity contribution in [2.24, 2.45) is 0 Å². The molecule has 1 unspecified atom stereocenters. The number of imide groups is 1. The maximum atomic E-state index is 13.0. The first kappa shape index (κ1) is 19.4. The second-order valence-electron chi connectivity index (χ2n) is 6.43. The molecule has 1 aliphatic heterocycles. The van der Waals surface area contributed by atoms with E-state index in [4.69, 9.17) is 16.9 Å². The number of nitriles is 1. The highest BCUT2D eigenvalue weighted by atomic mass is 35.5. The van der Waals surface area contributed by atoms with Crippen LogP contribution in [-0.4, -0.2) is 35.8 Å². The molecule has 4 amide bonds. The molecule has 28 heavy (non-hydrogen) atoms. The number of anilines is 1. The molecule has 2 aromatic carbocycles. The fourth-order valence-corrected chi connectivity index (χ4v) is 3.25. The Balaban J connectivity index is 1.84. The van der Waals surface area contributed by atoms with Crippen LogP contribution < -0.4 is 10.2 Å². The standard InChI is InChI=1S/C20H17ClN4O3/c1-20(14-6-5-7-15(21)12-14)18(27)25(19(28)23-20)13-17(26)24(11-10-22)16-8-3-2-4-9-16/h2-9,12H,11,13H2,1H3,(H,23,28). The van der Waals surface area contributed by atoms with E-state index >= 15 is 0 Å². The number of carbonyl (C=O) groups excluding carboxylic acids is 3. The van der Waals surface area contributed by atoms with Crippen LogP contribution in [0.2, 0.25) is 5.02 Å². The van der Waals surface area contributed by atoms with Crippen molar-refractivity contribution in [3.8, 4) is 6.07 Å². The van der Waals surface area contributed by atoms with Gasteiger partial charge in [-0.15, -0.1) is 0 Å². The van der Waals surface area contributed by atoms with E-state index in [2.05, 4.69) is 5.32 Å². The normalized spacial score (nSPS) is 18.5. The molecule has 1 fully saturated rings. The molecule has 1 saturated heterocycles. The Kier molecular flexibility index (Phi) is 5.34. The summed E-state index contributed by atoms with van der Waals surface area (Å²) in [6.07, 6.45) is 0. The second kappa shape index (κ2) is 7.71. The minimum absolute atomic E-state index is 0.196. The van der Waals surface area contributed by atoms with E-state index in [1.54, 1.807) is 61.5 Å². The number of para-hydroxylation sites is 1. The second-order valence-corrected chi connectivity index (χ2v) is 6.87. The van der Waals surface area contributed by atoms with Gasteiger partial charge in [0.05, 0.1) is 6.07 Å². The summed E-state index contributed by atoms with van der Waals surface area (Å²) in [5, 5.41) is 12.1. The van der Waals surface area contributed by atoms with Crippen LogP contribution in [-0.2, 0) is 15.1 Å². The zero-order valence-corrected chi connectivity index (χ0v) is 15.8. The van der Waals surface area contributed by atoms with Crippen molar-refractivity contribution in [3.05, 3.63) is 65.2 Å². The van der Waals surface area contributed by atoms with Crippen LogP contribution in [0.3, 0.4) is 0 Å². The molecule has 3 rings (SSSR count). The fourth-order valence-electron chi connectivity index (χ4n) is 3.06. The first-order valence-corrected chi connectivity index (χ1v) is 8.87. The predicted octanol–water partition coefficient (Wildman–Crippen LogP) is 2.66. The van der Waals surface area contributed by atoms with Crippen molar-refractivity contribution in [1.82, 2.24) is 10.2 Å². The molecule has 0 saturated carbocycles. The Morgan fingerprint density at radius 3 is 2.57 bits per heavy atom. The summed E-state index contributed by atoms with van der Waals surface area (Å²) < 4.78 is 0. The van der Waals surface area contributed by atoms with Crippen LogP contribution in [0, 0.1) is 11.3 Å². The monoisotopic (exact) mass is 396 g/mol. The van der Waals surface area contributed by atoms with E-state index in [9.17, 15) is 14.4 Å². The van der Waals surface area contributed by atoms with Gasteiger partial charge in [0.25, 0.3) is 5.91 Å². The van der Waals surface area contributed by atoms with Gasteiger partial charge in [0.1, 0.15) is 18.6 Å². The quantitative estimate of drug-likeness (QED) is 0.621. The molecule has 142 valence electrons. The number of nitrogens with one attached hydrogen (secondary N) is 1. The van der Waals surface area contributed by atoms with Crippen molar-refractivity contribution in [3.63, 3.8) is 0 Å². The van der Waals surface area contributed by atoms with Gasteiger partial charge < -0.3 is 5.32 Å². The van der Waals surface area contributed by atoms with Gasteiger partial charge in [-0.1, -0.05) is 41.9 Å². The summed E-state index contributed by atoms with van der Waals surface area (Å²) >= 11 is 6.01. The van der Waals surface area contributed by atoms with Crippen molar-refractivity contribution < 1.29 is 14.4 Å². The summed E-state index contributed by atoms with van der Waals surface area (Å²) in [5.74, 6) is -1.09. The molecule has 0 aromatic heterocycles. The zero-order chi connectivity index (χ0) is 20.3. The van der Waals surface area contributed by atoms with E-state index in [0.29, 0.717) is 16.3 Å². The van der Waals surface area contributed by atoms with E-state index in [-0.39, 0.29) is 6.54 Å². The van der Waals surface area contributed by atoms with Crippen molar-refractivity contribution in [1.29, 1.82) is 5.26 Å². The van der Waals surface area contributed by atoms with Crippen molar-refractivity contribution in [2.75, 3.05) is 18.0 Å². The molecular formula is C20H17ClN4O3. The molecule has 1 N–H and O–H groups in total. The first-order valence-electron chi connectivity index (χ1n) is 8.49. The summed E-state index contributed by atoms with van der Waals surface area (Å²) in [5.41, 5.74) is -0.293. The molecule has 1 heterocycles. The SMILES string of the molecule is CC1(c2cccc(Cl)c2)NC(=O)N(CC(=O)N(CC#N)c2ccccc2)C1=O. The van der Waals surface area contributed by atoms with E-state index < -0.39 is 29.9 Å². The van der Waals surface area contributed by atoms with Gasteiger partial charge in [0, 0.05) is 10.7 Å². The topological polar surface area (TPSA) is 93.5 Å². The average Bonchev–Trinajstić information content (AvgIpc) is 2.91. The highest BCUT2D eigenvalue weighted by molar-refractivity contribution is 6.30. The molecule has 7 nitrogen and oxygen atoms in total. The van der Waals surface area contributed by atoms with Gasteiger partial charge >= 0.3 is 6.03 Å². The molecule has 0 bridgehead atoms. The number of carbonyl (C=O) groups is 3. The number of benzene rings is 2. The van der Waals surface area contributed by atoms with Gasteiger partial charge in [-0.25, -0.2) is 4.79 Å². The fraction of sp³-hybridized carbons (Fsp3) is 0.200. The maximum absolute atomic E-state index is 13.0. The van der Waals surface area contributed by atoms with Crippen molar-refractivity contribution in [2.45, 2.75) is 12.5 Å². The number of hydrogen-bond acceptors (Lipinski definition) is 4. The van der Waals surface area contributed by atoms with Crippen LogP contribution in [0.5, 0.6) is 0 Å². The van der Waals surface area contributed by atoms with Crippen LogP contribution >= 0.6 is 11.6 Å². The Hall–Kier alpha value is -3.37. The average molecular weight is 397 g/mol. The molecule has 1 atom stereocenters. The van der Waals surface area contributed by atoms with Crippen molar-refractivity contribution >= 4 is 35.1 Å². The summed E-state index contributed by atoms with van der Waals surface area (Å²) in [4.78, 5) is 40.3. The van der Waals surface area contributed by atoms with Gasteiger partial charge in [-0.05, 0) is 36.8 Å². The van der Waals surface area contributed by atoms with E-state index in [0.717, 1.165) is 4.90 Å². The largest absolute Gasteiger partial charge is 0.325 e. The van der Waals surface area contributed by atoms with Crippen LogP contribution in [0.4, 0.5) is 10.5 Å². The van der Waals surface area contributed by atoms with Gasteiger partial charge in [0.15, 0.2) is 0 Å². The summed E-state index contributed by atoms with van der Waals surface area (Å²) in [6.45, 7) is 0.892. The molecule has 8 heteroatoms. The first-order chi connectivity index (χ1) is 13.4. The molecule has 2 aromatic rings. The van der Waals surface area contributed by atoms with Gasteiger partial charge in [0.2, 0.25) is 5.91 Å². The lowest BCUT2D eigenvalue weighted by Crippen LogP contribution is -2.44. The maximum Gasteiger partial charge on any atom is 0.325 e. The Morgan fingerprint density at radius 1 is 1.21 bits per heavy atom. The third kappa shape index (κ3) is 3.55. The third-order valence-corrected chi connectivity index (χ3v) is 4.80. The van der Waals surface area contributed by atoms with Crippen LogP contribution in [0.25, 0.3) is 0 Å². The van der Waals surface area contributed by atoms with Gasteiger partial charge in [-0.2, -0.15) is 5.26 Å². The van der Waals surface area contributed by atoms with Gasteiger partial charge in [-0.3, -0.25) is 19.4 Å². The Labute approximate surface area is 167 Å². The Bertz CT molecular complexity index is 973. The Morgan fingerprint density at radius 2 is 1.93 bits per heavy atom. The molecule has 1 aliphatic rings. The number of hydrogen-bond donors (Lipinski definition) is 1. The molecular weight excluding hydrogens is 380 g/mol. The smallest absolute Gasteiger partial charge is 0.319 e. The van der Waals surface area contributed by atoms with Crippen LogP contribution in [0.1, 0.15) is 12.5 Å². The number of nitrogens with zero attached hydrogens (tertiary/aromatic N) is 3. The molecule has 0 aliphatic carbocycles. The minimum Gasteiger partial charge on any atom is -0.319 e. The van der Waals surface area contributed by atoms with E-state index in [1.165, 1.54) is 4.90 Å². The van der Waals surface area contributed by atoms with E-state index in [1.807, 2.05) is 6.07 Å².